The third-order valence-electron chi connectivity index (χ3n) is 2.72. The number of carbonyl (C=O) groups excluding carboxylic acids is 1. The highest BCUT2D eigenvalue weighted by atomic mass is 16.5. The van der Waals surface area contributed by atoms with Crippen molar-refractivity contribution in [3.8, 4) is 0 Å². The monoisotopic (exact) mass is 284 g/mol. The summed E-state index contributed by atoms with van der Waals surface area (Å²) in [5, 5.41) is 11.4. The van der Waals surface area contributed by atoms with E-state index >= 15 is 0 Å². The van der Waals surface area contributed by atoms with E-state index in [4.69, 9.17) is 20.1 Å². The van der Waals surface area contributed by atoms with Crippen LogP contribution in [0.1, 0.15) is 28.6 Å². The molecule has 8 heteroatoms. The van der Waals surface area contributed by atoms with Crippen molar-refractivity contribution in [3.63, 3.8) is 0 Å². The van der Waals surface area contributed by atoms with Crippen LogP contribution in [0.5, 0.6) is 0 Å². The van der Waals surface area contributed by atoms with Gasteiger partial charge >= 0.3 is 0 Å². The van der Waals surface area contributed by atoms with Crippen LogP contribution in [0.4, 0.5) is 0 Å². The first-order valence-electron chi connectivity index (χ1n) is 6.18. The molecule has 0 aromatic carbocycles. The van der Waals surface area contributed by atoms with Crippen molar-refractivity contribution >= 4 is 11.7 Å². The van der Waals surface area contributed by atoms with Gasteiger partial charge in [-0.25, -0.2) is 4.98 Å². The van der Waals surface area contributed by atoms with E-state index < -0.39 is 0 Å². The lowest BCUT2D eigenvalue weighted by Gasteiger charge is -2.21. The maximum atomic E-state index is 12.4. The van der Waals surface area contributed by atoms with Gasteiger partial charge in [0.15, 0.2) is 5.89 Å². The number of oxime groups is 1. The van der Waals surface area contributed by atoms with Crippen molar-refractivity contribution in [2.24, 2.45) is 10.9 Å². The Labute approximate surface area is 117 Å². The minimum Gasteiger partial charge on any atom is -0.436 e. The van der Waals surface area contributed by atoms with E-state index in [0.717, 1.165) is 0 Å². The van der Waals surface area contributed by atoms with Crippen molar-refractivity contribution in [3.05, 3.63) is 17.3 Å². The summed E-state index contributed by atoms with van der Waals surface area (Å²) >= 11 is 0. The molecule has 0 saturated heterocycles. The minimum atomic E-state index is -0.286. The average Bonchev–Trinajstić information content (AvgIpc) is 2.76. The molecule has 0 aliphatic carbocycles. The smallest absolute Gasteiger partial charge is 0.291 e. The lowest BCUT2D eigenvalue weighted by molar-refractivity contribution is 0.0667. The number of aromatic nitrogens is 1. The molecule has 0 unspecified atom stereocenters. The first kappa shape index (κ1) is 16.0. The maximum Gasteiger partial charge on any atom is 0.291 e. The van der Waals surface area contributed by atoms with E-state index in [1.54, 1.807) is 21.0 Å². The van der Waals surface area contributed by atoms with Gasteiger partial charge in [-0.1, -0.05) is 5.16 Å². The molecule has 8 nitrogen and oxygen atoms in total. The summed E-state index contributed by atoms with van der Waals surface area (Å²) in [6, 6.07) is 0. The second-order valence-electron chi connectivity index (χ2n) is 4.27. The number of carbonyl (C=O) groups is 1. The third-order valence-corrected chi connectivity index (χ3v) is 2.72. The molecule has 0 fully saturated rings. The molecule has 0 spiro atoms. The van der Waals surface area contributed by atoms with E-state index in [1.165, 1.54) is 4.90 Å². The second kappa shape index (κ2) is 7.49. The first-order valence-corrected chi connectivity index (χ1v) is 6.18. The molecule has 1 aromatic heterocycles. The normalized spacial score (nSPS) is 11.7. The van der Waals surface area contributed by atoms with E-state index in [9.17, 15) is 4.79 Å². The van der Waals surface area contributed by atoms with Crippen molar-refractivity contribution in [1.29, 1.82) is 0 Å². The number of methoxy groups -OCH3 is 1. The summed E-state index contributed by atoms with van der Waals surface area (Å²) in [4.78, 5) is 18.0. The summed E-state index contributed by atoms with van der Waals surface area (Å²) in [7, 11) is 1.55. The topological polar surface area (TPSA) is 114 Å². The molecule has 20 heavy (non-hydrogen) atoms. The molecule has 112 valence electrons. The van der Waals surface area contributed by atoms with Crippen LogP contribution in [0.25, 0.3) is 0 Å². The molecule has 0 bridgehead atoms. The predicted molar refractivity (Wildman–Crippen MR) is 71.8 cm³/mol. The van der Waals surface area contributed by atoms with Gasteiger partial charge in [-0.3, -0.25) is 4.79 Å². The van der Waals surface area contributed by atoms with Crippen LogP contribution in [0.15, 0.2) is 9.57 Å². The Morgan fingerprint density at radius 2 is 2.20 bits per heavy atom. The zero-order valence-electron chi connectivity index (χ0n) is 11.9. The molecule has 3 N–H and O–H groups in total. The number of ether oxygens (including phenoxy) is 1. The van der Waals surface area contributed by atoms with Crippen molar-refractivity contribution in [2.45, 2.75) is 20.3 Å². The number of amides is 1. The van der Waals surface area contributed by atoms with Crippen LogP contribution in [-0.4, -0.2) is 53.6 Å². The predicted octanol–water partition coefficient (Wildman–Crippen LogP) is 0.517. The van der Waals surface area contributed by atoms with Crippen LogP contribution in [0.3, 0.4) is 0 Å². The first-order chi connectivity index (χ1) is 9.49. The van der Waals surface area contributed by atoms with Crippen LogP contribution in [-0.2, 0) is 4.74 Å². The lowest BCUT2D eigenvalue weighted by Crippen LogP contribution is -2.36. The number of rotatable bonds is 7. The lowest BCUT2D eigenvalue weighted by atomic mass is 10.3. The van der Waals surface area contributed by atoms with Crippen LogP contribution >= 0.6 is 0 Å². The third kappa shape index (κ3) is 4.23. The van der Waals surface area contributed by atoms with Crippen molar-refractivity contribution < 1.29 is 19.2 Å². The van der Waals surface area contributed by atoms with Crippen LogP contribution in [0.2, 0.25) is 0 Å². The Bertz CT molecular complexity index is 484. The average molecular weight is 284 g/mol. The number of nitrogens with two attached hydrogens (primary N) is 1. The van der Waals surface area contributed by atoms with Gasteiger partial charge in [0, 0.05) is 33.5 Å². The number of aryl methyl sites for hydroxylation is 2. The standard InChI is InChI=1S/C12H20N4O4/c1-8-11(20-9(2)14-8)12(17)16(6-7-19-3)5-4-10(13)15-18/h18H,4-7H2,1-3H3,(H2,13,15). The number of nitrogens with zero attached hydrogens (tertiary/aromatic N) is 3. The highest BCUT2D eigenvalue weighted by Gasteiger charge is 2.22. The Morgan fingerprint density at radius 1 is 1.50 bits per heavy atom. The summed E-state index contributed by atoms with van der Waals surface area (Å²) < 4.78 is 10.3. The molecular formula is C12H20N4O4. The van der Waals surface area contributed by atoms with Crippen molar-refractivity contribution in [1.82, 2.24) is 9.88 Å². The van der Waals surface area contributed by atoms with E-state index in [2.05, 4.69) is 10.1 Å². The number of amidine groups is 1. The fraction of sp³-hybridized carbons (Fsp3) is 0.583. The highest BCUT2D eigenvalue weighted by Crippen LogP contribution is 2.12. The molecule has 0 saturated carbocycles. The highest BCUT2D eigenvalue weighted by molar-refractivity contribution is 5.92. The Kier molecular flexibility index (Phi) is 5.98. The van der Waals surface area contributed by atoms with Gasteiger partial charge in [-0.2, -0.15) is 0 Å². The molecule has 1 rings (SSSR count). The number of oxazole rings is 1. The summed E-state index contributed by atoms with van der Waals surface area (Å²) in [6.45, 7) is 4.46. The summed E-state index contributed by atoms with van der Waals surface area (Å²) in [5.41, 5.74) is 5.96. The van der Waals surface area contributed by atoms with Crippen LogP contribution < -0.4 is 5.73 Å². The Balaban J connectivity index is 2.81. The maximum absolute atomic E-state index is 12.4. The molecule has 0 radical (unpaired) electrons. The SMILES string of the molecule is COCCN(CCC(N)=NO)C(=O)c1oc(C)nc1C. The Morgan fingerprint density at radius 3 is 2.70 bits per heavy atom. The van der Waals surface area contributed by atoms with Gasteiger partial charge in [0.25, 0.3) is 5.91 Å². The number of hydrogen-bond donors (Lipinski definition) is 2. The zero-order valence-corrected chi connectivity index (χ0v) is 11.9. The fourth-order valence-corrected chi connectivity index (χ4v) is 1.69. The molecule has 0 aliphatic rings. The van der Waals surface area contributed by atoms with Gasteiger partial charge in [0.05, 0.1) is 12.3 Å². The Hall–Kier alpha value is -2.09. The quantitative estimate of drug-likeness (QED) is 0.326. The molecule has 1 heterocycles. The van der Waals surface area contributed by atoms with E-state index in [-0.39, 0.29) is 23.9 Å². The van der Waals surface area contributed by atoms with Gasteiger partial charge in [-0.15, -0.1) is 0 Å². The molecule has 1 amide bonds. The second-order valence-corrected chi connectivity index (χ2v) is 4.27. The van der Waals surface area contributed by atoms with Crippen molar-refractivity contribution in [2.75, 3.05) is 26.8 Å². The van der Waals surface area contributed by atoms with Gasteiger partial charge in [0.1, 0.15) is 5.84 Å². The largest absolute Gasteiger partial charge is 0.436 e. The summed E-state index contributed by atoms with van der Waals surface area (Å²) in [5.74, 6) is 0.420. The van der Waals surface area contributed by atoms with Gasteiger partial charge < -0.3 is 25.0 Å². The van der Waals surface area contributed by atoms with Gasteiger partial charge in [-0.05, 0) is 6.92 Å². The fourth-order valence-electron chi connectivity index (χ4n) is 1.69. The molecular weight excluding hydrogens is 264 g/mol. The molecule has 0 atom stereocenters. The number of hydrogen-bond acceptors (Lipinski definition) is 6. The molecule has 0 aliphatic heterocycles. The molecule has 1 aromatic rings. The zero-order chi connectivity index (χ0) is 15.1. The summed E-state index contributed by atoms with van der Waals surface area (Å²) in [6.07, 6.45) is 0.262. The van der Waals surface area contributed by atoms with Crippen LogP contribution in [0, 0.1) is 13.8 Å². The minimum absolute atomic E-state index is 0.0608. The van der Waals surface area contributed by atoms with Gasteiger partial charge in [0.2, 0.25) is 5.76 Å². The van der Waals surface area contributed by atoms with E-state index in [1.807, 2.05) is 0 Å². The van der Waals surface area contributed by atoms with E-state index in [0.29, 0.717) is 31.3 Å².